The number of aryl methyl sites for hydroxylation is 1. The number of aromatic hydroxyl groups is 2. The Morgan fingerprint density at radius 1 is 1.19 bits per heavy atom. The first-order chi connectivity index (χ1) is 10.1. The predicted octanol–water partition coefficient (Wildman–Crippen LogP) is 3.08. The van der Waals surface area contributed by atoms with Crippen molar-refractivity contribution in [1.29, 1.82) is 0 Å². The van der Waals surface area contributed by atoms with Crippen LogP contribution in [0.25, 0.3) is 0 Å². The number of hydrogen-bond acceptors (Lipinski definition) is 3. The lowest BCUT2D eigenvalue weighted by atomic mass is 9.95. The van der Waals surface area contributed by atoms with Crippen molar-refractivity contribution in [2.24, 2.45) is 0 Å². The highest BCUT2D eigenvalue weighted by atomic mass is 16.3. The maximum absolute atomic E-state index is 12.8. The zero-order valence-corrected chi connectivity index (χ0v) is 11.8. The number of rotatable bonds is 1. The summed E-state index contributed by atoms with van der Waals surface area (Å²) in [7, 11) is 0. The van der Waals surface area contributed by atoms with Gasteiger partial charge in [0.2, 0.25) is 0 Å². The Labute approximate surface area is 123 Å². The number of carbonyl (C=O) groups excluding carboxylic acids is 1. The fourth-order valence-corrected chi connectivity index (χ4v) is 2.83. The van der Waals surface area contributed by atoms with E-state index in [1.165, 1.54) is 18.2 Å². The summed E-state index contributed by atoms with van der Waals surface area (Å²) in [5, 5.41) is 19.3. The quantitative estimate of drug-likeness (QED) is 0.845. The molecule has 1 aliphatic heterocycles. The third-order valence-corrected chi connectivity index (χ3v) is 3.95. The molecule has 108 valence electrons. The van der Waals surface area contributed by atoms with Crippen molar-refractivity contribution in [1.82, 2.24) is 0 Å². The Bertz CT molecular complexity index is 696. The standard InChI is InChI=1S/C17H17NO3/c1-11-6-7-12-4-2-3-5-15(12)18(11)17(21)14-9-8-13(19)10-16(14)20/h2-5,8-11,19-20H,6-7H2,1H3/t11-/m0/s1. The van der Waals surface area contributed by atoms with Gasteiger partial charge in [-0.1, -0.05) is 18.2 Å². The number of benzene rings is 2. The highest BCUT2D eigenvalue weighted by molar-refractivity contribution is 6.08. The van der Waals surface area contributed by atoms with Crippen LogP contribution >= 0.6 is 0 Å². The summed E-state index contributed by atoms with van der Waals surface area (Å²) in [6.07, 6.45) is 1.84. The Balaban J connectivity index is 2.05. The number of phenolic OH excluding ortho intramolecular Hbond substituents is 2. The average molecular weight is 283 g/mol. The molecule has 0 saturated heterocycles. The minimum atomic E-state index is -0.243. The van der Waals surface area contributed by atoms with Crippen LogP contribution in [-0.4, -0.2) is 22.2 Å². The zero-order valence-electron chi connectivity index (χ0n) is 11.8. The van der Waals surface area contributed by atoms with Crippen LogP contribution in [0.3, 0.4) is 0 Å². The molecule has 4 nitrogen and oxygen atoms in total. The van der Waals surface area contributed by atoms with E-state index in [2.05, 4.69) is 0 Å². The van der Waals surface area contributed by atoms with Gasteiger partial charge in [0.05, 0.1) is 5.56 Å². The molecule has 4 heteroatoms. The number of hydrogen-bond donors (Lipinski definition) is 2. The van der Waals surface area contributed by atoms with Crippen LogP contribution in [0.2, 0.25) is 0 Å². The normalized spacial score (nSPS) is 17.4. The van der Waals surface area contributed by atoms with Crippen LogP contribution in [0, 0.1) is 0 Å². The molecule has 1 atom stereocenters. The van der Waals surface area contributed by atoms with E-state index >= 15 is 0 Å². The largest absolute Gasteiger partial charge is 0.508 e. The molecule has 0 radical (unpaired) electrons. The summed E-state index contributed by atoms with van der Waals surface area (Å²) in [4.78, 5) is 14.5. The summed E-state index contributed by atoms with van der Waals surface area (Å²) in [6, 6.07) is 12.0. The van der Waals surface area contributed by atoms with Gasteiger partial charge in [0, 0.05) is 17.8 Å². The fraction of sp³-hybridized carbons (Fsp3) is 0.235. The SMILES string of the molecule is C[C@H]1CCc2ccccc2N1C(=O)c1ccc(O)cc1O. The van der Waals surface area contributed by atoms with Crippen molar-refractivity contribution in [2.75, 3.05) is 4.90 Å². The fourth-order valence-electron chi connectivity index (χ4n) is 2.83. The van der Waals surface area contributed by atoms with Crippen LogP contribution in [0.1, 0.15) is 29.3 Å². The van der Waals surface area contributed by atoms with E-state index in [1.807, 2.05) is 31.2 Å². The van der Waals surface area contributed by atoms with Crippen molar-refractivity contribution in [2.45, 2.75) is 25.8 Å². The predicted molar refractivity (Wildman–Crippen MR) is 80.8 cm³/mol. The maximum Gasteiger partial charge on any atom is 0.262 e. The first-order valence-electron chi connectivity index (χ1n) is 7.01. The topological polar surface area (TPSA) is 60.8 Å². The first-order valence-corrected chi connectivity index (χ1v) is 7.01. The minimum Gasteiger partial charge on any atom is -0.508 e. The third-order valence-electron chi connectivity index (χ3n) is 3.95. The molecular weight excluding hydrogens is 266 g/mol. The van der Waals surface area contributed by atoms with Crippen molar-refractivity contribution in [3.8, 4) is 11.5 Å². The first kappa shape index (κ1) is 13.5. The summed E-state index contributed by atoms with van der Waals surface area (Å²) >= 11 is 0. The summed E-state index contributed by atoms with van der Waals surface area (Å²) < 4.78 is 0. The maximum atomic E-state index is 12.8. The second-order valence-corrected chi connectivity index (χ2v) is 5.39. The van der Waals surface area contributed by atoms with Gasteiger partial charge in [0.15, 0.2) is 0 Å². The minimum absolute atomic E-state index is 0.0591. The molecular formula is C17H17NO3. The molecule has 2 N–H and O–H groups in total. The monoisotopic (exact) mass is 283 g/mol. The molecule has 0 unspecified atom stereocenters. The van der Waals surface area contributed by atoms with Gasteiger partial charge >= 0.3 is 0 Å². The molecule has 1 amide bonds. The van der Waals surface area contributed by atoms with E-state index < -0.39 is 0 Å². The van der Waals surface area contributed by atoms with Gasteiger partial charge in [0.1, 0.15) is 11.5 Å². The van der Waals surface area contributed by atoms with Crippen LogP contribution in [0.5, 0.6) is 11.5 Å². The zero-order chi connectivity index (χ0) is 15.0. The number of phenols is 2. The highest BCUT2D eigenvalue weighted by Gasteiger charge is 2.29. The van der Waals surface area contributed by atoms with E-state index in [-0.39, 0.29) is 29.0 Å². The van der Waals surface area contributed by atoms with Gasteiger partial charge in [-0.2, -0.15) is 0 Å². The Morgan fingerprint density at radius 2 is 1.95 bits per heavy atom. The lowest BCUT2D eigenvalue weighted by Crippen LogP contribution is -2.42. The summed E-state index contributed by atoms with van der Waals surface area (Å²) in [5.74, 6) is -0.501. The van der Waals surface area contributed by atoms with Crippen molar-refractivity contribution in [3.63, 3.8) is 0 Å². The van der Waals surface area contributed by atoms with Crippen molar-refractivity contribution < 1.29 is 15.0 Å². The van der Waals surface area contributed by atoms with Gasteiger partial charge in [-0.05, 0) is 43.5 Å². The van der Waals surface area contributed by atoms with E-state index in [0.29, 0.717) is 0 Å². The number of fused-ring (bicyclic) bond motifs is 1. The number of carbonyl (C=O) groups is 1. The Morgan fingerprint density at radius 3 is 2.71 bits per heavy atom. The average Bonchev–Trinajstić information content (AvgIpc) is 2.46. The molecule has 2 aromatic rings. The molecule has 0 aromatic heterocycles. The number of para-hydroxylation sites is 1. The van der Waals surface area contributed by atoms with Crippen LogP contribution in [0.15, 0.2) is 42.5 Å². The third kappa shape index (κ3) is 2.33. The van der Waals surface area contributed by atoms with E-state index in [1.54, 1.807) is 4.90 Å². The van der Waals surface area contributed by atoms with Crippen LogP contribution in [0.4, 0.5) is 5.69 Å². The second kappa shape index (κ2) is 5.13. The van der Waals surface area contributed by atoms with Gasteiger partial charge in [-0.25, -0.2) is 0 Å². The molecule has 0 saturated carbocycles. The van der Waals surface area contributed by atoms with E-state index in [4.69, 9.17) is 0 Å². The molecule has 1 heterocycles. The molecule has 2 aromatic carbocycles. The molecule has 0 aliphatic carbocycles. The summed E-state index contributed by atoms with van der Waals surface area (Å²) in [5.41, 5.74) is 2.24. The van der Waals surface area contributed by atoms with Gasteiger partial charge in [-0.15, -0.1) is 0 Å². The van der Waals surface area contributed by atoms with Crippen LogP contribution < -0.4 is 4.90 Å². The molecule has 21 heavy (non-hydrogen) atoms. The van der Waals surface area contributed by atoms with Gasteiger partial charge < -0.3 is 15.1 Å². The molecule has 1 aliphatic rings. The highest BCUT2D eigenvalue weighted by Crippen LogP contribution is 2.33. The molecule has 0 spiro atoms. The molecule has 0 fully saturated rings. The van der Waals surface area contributed by atoms with Gasteiger partial charge in [-0.3, -0.25) is 4.79 Å². The Kier molecular flexibility index (Phi) is 3.29. The van der Waals surface area contributed by atoms with Gasteiger partial charge in [0.25, 0.3) is 5.91 Å². The number of nitrogens with zero attached hydrogens (tertiary/aromatic N) is 1. The van der Waals surface area contributed by atoms with E-state index in [9.17, 15) is 15.0 Å². The number of amides is 1. The van der Waals surface area contributed by atoms with Crippen molar-refractivity contribution >= 4 is 11.6 Å². The van der Waals surface area contributed by atoms with Crippen LogP contribution in [-0.2, 0) is 6.42 Å². The molecule has 3 rings (SSSR count). The smallest absolute Gasteiger partial charge is 0.262 e. The summed E-state index contributed by atoms with van der Waals surface area (Å²) in [6.45, 7) is 2.01. The number of anilines is 1. The second-order valence-electron chi connectivity index (χ2n) is 5.39. The lowest BCUT2D eigenvalue weighted by Gasteiger charge is -2.35. The Hall–Kier alpha value is -2.49. The lowest BCUT2D eigenvalue weighted by molar-refractivity contribution is 0.0972. The van der Waals surface area contributed by atoms with Crippen molar-refractivity contribution in [3.05, 3.63) is 53.6 Å². The molecule has 0 bridgehead atoms. The van der Waals surface area contributed by atoms with E-state index in [0.717, 1.165) is 24.1 Å².